The first-order valence-electron chi connectivity index (χ1n) is 5.88. The average Bonchev–Trinajstić information content (AvgIpc) is 2.47. The van der Waals surface area contributed by atoms with E-state index in [1.54, 1.807) is 37.4 Å². The monoisotopic (exact) mass is 291 g/mol. The average molecular weight is 292 g/mol. The molecule has 20 heavy (non-hydrogen) atoms. The molecular formula is C15H14ClNO3. The first-order chi connectivity index (χ1) is 9.56. The van der Waals surface area contributed by atoms with Gasteiger partial charge in [-0.25, -0.2) is 4.79 Å². The molecule has 0 aliphatic carbocycles. The van der Waals surface area contributed by atoms with Gasteiger partial charge in [-0.1, -0.05) is 17.7 Å². The zero-order chi connectivity index (χ0) is 14.7. The Morgan fingerprint density at radius 3 is 2.50 bits per heavy atom. The highest BCUT2D eigenvalue weighted by molar-refractivity contribution is 6.33. The van der Waals surface area contributed by atoms with Gasteiger partial charge in [0.25, 0.3) is 0 Å². The van der Waals surface area contributed by atoms with Crippen LogP contribution in [0.4, 0.5) is 5.69 Å². The second kappa shape index (κ2) is 5.84. The number of halogens is 1. The minimum atomic E-state index is -0.467. The molecule has 0 saturated carbocycles. The first kappa shape index (κ1) is 14.2. The number of hydrogen-bond acceptors (Lipinski definition) is 4. The summed E-state index contributed by atoms with van der Waals surface area (Å²) in [6.45, 7) is 0. The van der Waals surface area contributed by atoms with Crippen molar-refractivity contribution in [3.63, 3.8) is 0 Å². The molecule has 0 fully saturated rings. The van der Waals surface area contributed by atoms with E-state index in [2.05, 4.69) is 4.74 Å². The molecule has 0 unspecified atom stereocenters. The van der Waals surface area contributed by atoms with Crippen LogP contribution in [0.25, 0.3) is 11.1 Å². The van der Waals surface area contributed by atoms with E-state index in [-0.39, 0.29) is 0 Å². The smallest absolute Gasteiger partial charge is 0.339 e. The van der Waals surface area contributed by atoms with Gasteiger partial charge in [-0.2, -0.15) is 0 Å². The summed E-state index contributed by atoms with van der Waals surface area (Å²) in [4.78, 5) is 11.5. The summed E-state index contributed by atoms with van der Waals surface area (Å²) in [5.74, 6) is 0.228. The van der Waals surface area contributed by atoms with E-state index < -0.39 is 5.97 Å². The van der Waals surface area contributed by atoms with Gasteiger partial charge in [0.2, 0.25) is 0 Å². The SMILES string of the molecule is COC(=O)c1ccc(-c2cc(OC)ccc2Cl)cc1N. The Hall–Kier alpha value is -2.20. The molecule has 0 aromatic heterocycles. The molecule has 2 rings (SSSR count). The molecule has 0 amide bonds. The van der Waals surface area contributed by atoms with Crippen LogP contribution in [0.2, 0.25) is 5.02 Å². The van der Waals surface area contributed by atoms with Gasteiger partial charge in [0.05, 0.1) is 19.8 Å². The third-order valence-electron chi connectivity index (χ3n) is 2.94. The number of esters is 1. The quantitative estimate of drug-likeness (QED) is 0.695. The lowest BCUT2D eigenvalue weighted by Gasteiger charge is -2.10. The normalized spacial score (nSPS) is 10.2. The number of nitrogens with two attached hydrogens (primary N) is 1. The Balaban J connectivity index is 2.49. The van der Waals surface area contributed by atoms with Crippen LogP contribution in [-0.4, -0.2) is 20.2 Å². The predicted octanol–water partition coefficient (Wildman–Crippen LogP) is 3.38. The molecule has 0 heterocycles. The molecule has 2 aromatic carbocycles. The van der Waals surface area contributed by atoms with Gasteiger partial charge in [0.1, 0.15) is 5.75 Å². The maximum Gasteiger partial charge on any atom is 0.339 e. The van der Waals surface area contributed by atoms with Crippen molar-refractivity contribution in [1.82, 2.24) is 0 Å². The van der Waals surface area contributed by atoms with Crippen LogP contribution >= 0.6 is 11.6 Å². The summed E-state index contributed by atoms with van der Waals surface area (Å²) >= 11 is 6.18. The maximum absolute atomic E-state index is 11.5. The summed E-state index contributed by atoms with van der Waals surface area (Å²) in [5.41, 5.74) is 8.14. The molecule has 0 saturated heterocycles. The van der Waals surface area contributed by atoms with E-state index in [4.69, 9.17) is 22.1 Å². The van der Waals surface area contributed by atoms with E-state index in [9.17, 15) is 4.79 Å². The van der Waals surface area contributed by atoms with Gasteiger partial charge >= 0.3 is 5.97 Å². The standard InChI is InChI=1S/C15H14ClNO3/c1-19-10-4-6-13(16)12(8-10)9-3-5-11(14(17)7-9)15(18)20-2/h3-8H,17H2,1-2H3. The molecule has 0 radical (unpaired) electrons. The highest BCUT2D eigenvalue weighted by atomic mass is 35.5. The first-order valence-corrected chi connectivity index (χ1v) is 6.26. The lowest BCUT2D eigenvalue weighted by atomic mass is 10.0. The Morgan fingerprint density at radius 1 is 1.15 bits per heavy atom. The fourth-order valence-electron chi connectivity index (χ4n) is 1.88. The lowest BCUT2D eigenvalue weighted by molar-refractivity contribution is 0.0602. The van der Waals surface area contributed by atoms with Gasteiger partial charge in [0.15, 0.2) is 0 Å². The fraction of sp³-hybridized carbons (Fsp3) is 0.133. The van der Waals surface area contributed by atoms with Crippen LogP contribution in [0.3, 0.4) is 0 Å². The van der Waals surface area contributed by atoms with Crippen LogP contribution < -0.4 is 10.5 Å². The summed E-state index contributed by atoms with van der Waals surface area (Å²) in [5, 5.41) is 0.580. The number of rotatable bonds is 3. The second-order valence-corrected chi connectivity index (χ2v) is 4.55. The van der Waals surface area contributed by atoms with E-state index in [0.29, 0.717) is 22.0 Å². The van der Waals surface area contributed by atoms with Gasteiger partial charge in [-0.3, -0.25) is 0 Å². The number of benzene rings is 2. The van der Waals surface area contributed by atoms with Crippen molar-refractivity contribution in [2.24, 2.45) is 0 Å². The molecule has 2 N–H and O–H groups in total. The van der Waals surface area contributed by atoms with Crippen molar-refractivity contribution in [3.8, 4) is 16.9 Å². The van der Waals surface area contributed by atoms with Crippen LogP contribution in [0, 0.1) is 0 Å². The van der Waals surface area contributed by atoms with Crippen molar-refractivity contribution in [2.75, 3.05) is 20.0 Å². The zero-order valence-corrected chi connectivity index (χ0v) is 11.9. The highest BCUT2D eigenvalue weighted by Gasteiger charge is 2.12. The summed E-state index contributed by atoms with van der Waals surface area (Å²) in [7, 11) is 2.90. The summed E-state index contributed by atoms with van der Waals surface area (Å²) < 4.78 is 9.83. The Labute approximate surface area is 122 Å². The van der Waals surface area contributed by atoms with E-state index in [0.717, 1.165) is 11.1 Å². The van der Waals surface area contributed by atoms with Crippen LogP contribution in [-0.2, 0) is 4.74 Å². The largest absolute Gasteiger partial charge is 0.497 e. The minimum Gasteiger partial charge on any atom is -0.497 e. The fourth-order valence-corrected chi connectivity index (χ4v) is 2.11. The van der Waals surface area contributed by atoms with Gasteiger partial charge in [0, 0.05) is 16.3 Å². The summed E-state index contributed by atoms with van der Waals surface area (Å²) in [6.07, 6.45) is 0. The topological polar surface area (TPSA) is 61.5 Å². The Morgan fingerprint density at radius 2 is 1.90 bits per heavy atom. The third-order valence-corrected chi connectivity index (χ3v) is 3.27. The minimum absolute atomic E-state index is 0.329. The number of carbonyl (C=O) groups is 1. The number of hydrogen-bond donors (Lipinski definition) is 1. The molecule has 5 heteroatoms. The number of nitrogen functional groups attached to an aromatic ring is 1. The number of anilines is 1. The highest BCUT2D eigenvalue weighted by Crippen LogP contribution is 2.33. The molecule has 0 spiro atoms. The van der Waals surface area contributed by atoms with Crippen molar-refractivity contribution >= 4 is 23.3 Å². The van der Waals surface area contributed by atoms with Crippen molar-refractivity contribution in [2.45, 2.75) is 0 Å². The van der Waals surface area contributed by atoms with E-state index in [1.807, 2.05) is 6.07 Å². The van der Waals surface area contributed by atoms with Crippen molar-refractivity contribution in [3.05, 3.63) is 47.0 Å². The Kier molecular flexibility index (Phi) is 4.15. The number of methoxy groups -OCH3 is 2. The Bertz CT molecular complexity index is 656. The molecule has 2 aromatic rings. The number of ether oxygens (including phenoxy) is 2. The van der Waals surface area contributed by atoms with Crippen LogP contribution in [0.15, 0.2) is 36.4 Å². The van der Waals surface area contributed by atoms with Crippen LogP contribution in [0.5, 0.6) is 5.75 Å². The maximum atomic E-state index is 11.5. The van der Waals surface area contributed by atoms with Crippen molar-refractivity contribution in [1.29, 1.82) is 0 Å². The zero-order valence-electron chi connectivity index (χ0n) is 11.1. The molecular weight excluding hydrogens is 278 g/mol. The second-order valence-electron chi connectivity index (χ2n) is 4.14. The molecule has 0 aliphatic rings. The van der Waals surface area contributed by atoms with Gasteiger partial charge in [-0.05, 0) is 35.9 Å². The molecule has 0 bridgehead atoms. The van der Waals surface area contributed by atoms with Crippen LogP contribution in [0.1, 0.15) is 10.4 Å². The van der Waals surface area contributed by atoms with Gasteiger partial charge < -0.3 is 15.2 Å². The van der Waals surface area contributed by atoms with Gasteiger partial charge in [-0.15, -0.1) is 0 Å². The predicted molar refractivity (Wildman–Crippen MR) is 79.2 cm³/mol. The van der Waals surface area contributed by atoms with E-state index in [1.165, 1.54) is 7.11 Å². The molecule has 0 atom stereocenters. The molecule has 4 nitrogen and oxygen atoms in total. The third kappa shape index (κ3) is 2.70. The van der Waals surface area contributed by atoms with E-state index >= 15 is 0 Å². The summed E-state index contributed by atoms with van der Waals surface area (Å²) in [6, 6.07) is 10.4. The lowest BCUT2D eigenvalue weighted by Crippen LogP contribution is -2.05. The van der Waals surface area contributed by atoms with Crippen molar-refractivity contribution < 1.29 is 14.3 Å². The number of carbonyl (C=O) groups excluding carboxylic acids is 1. The molecule has 104 valence electrons. The molecule has 0 aliphatic heterocycles.